The largest absolute Gasteiger partial charge is 0.370 e. The Morgan fingerprint density at radius 2 is 2.40 bits per heavy atom. The van der Waals surface area contributed by atoms with Crippen molar-refractivity contribution in [2.24, 2.45) is 10.7 Å². The molecule has 0 aliphatic heterocycles. The first-order chi connectivity index (χ1) is 7.25. The van der Waals surface area contributed by atoms with Crippen molar-refractivity contribution in [2.75, 3.05) is 7.05 Å². The van der Waals surface area contributed by atoms with Crippen molar-refractivity contribution in [3.05, 3.63) is 30.1 Å². The summed E-state index contributed by atoms with van der Waals surface area (Å²) in [6, 6.07) is 6.34. The second-order valence-electron chi connectivity index (χ2n) is 3.90. The number of aromatic nitrogens is 1. The van der Waals surface area contributed by atoms with Gasteiger partial charge in [-0.15, -0.1) is 0 Å². The van der Waals surface area contributed by atoms with Crippen LogP contribution in [0, 0.1) is 0 Å². The van der Waals surface area contributed by atoms with E-state index < -0.39 is 0 Å². The van der Waals surface area contributed by atoms with E-state index in [-0.39, 0.29) is 0 Å². The first-order valence-electron chi connectivity index (χ1n) is 5.20. The van der Waals surface area contributed by atoms with Crippen molar-refractivity contribution in [2.45, 2.75) is 25.4 Å². The summed E-state index contributed by atoms with van der Waals surface area (Å²) in [6.07, 6.45) is 4.15. The molecule has 0 bridgehead atoms. The predicted molar refractivity (Wildman–Crippen MR) is 60.3 cm³/mol. The lowest BCUT2D eigenvalue weighted by molar-refractivity contribution is 0.484. The number of nitrogens with two attached hydrogens (primary N) is 1. The van der Waals surface area contributed by atoms with Gasteiger partial charge in [0.05, 0.1) is 18.3 Å². The van der Waals surface area contributed by atoms with Gasteiger partial charge in [-0.25, -0.2) is 4.99 Å². The molecule has 2 N–H and O–H groups in total. The topological polar surface area (TPSA) is 54.5 Å². The van der Waals surface area contributed by atoms with Crippen LogP contribution in [0.25, 0.3) is 0 Å². The second kappa shape index (κ2) is 4.29. The Hall–Kier alpha value is -1.58. The number of guanidine groups is 1. The Morgan fingerprint density at radius 1 is 1.60 bits per heavy atom. The summed E-state index contributed by atoms with van der Waals surface area (Å²) in [7, 11) is 1.94. The highest BCUT2D eigenvalue weighted by Gasteiger charge is 2.21. The summed E-state index contributed by atoms with van der Waals surface area (Å²) in [6.45, 7) is 0.711. The maximum Gasteiger partial charge on any atom is 0.191 e. The minimum absolute atomic E-state index is 0.469. The molecule has 4 heteroatoms. The smallest absolute Gasteiger partial charge is 0.191 e. The van der Waals surface area contributed by atoms with E-state index in [1.54, 1.807) is 6.20 Å². The molecular weight excluding hydrogens is 188 g/mol. The van der Waals surface area contributed by atoms with Crippen LogP contribution in [0.1, 0.15) is 18.5 Å². The van der Waals surface area contributed by atoms with Crippen LogP contribution in [0.15, 0.2) is 29.4 Å². The van der Waals surface area contributed by atoms with Crippen molar-refractivity contribution >= 4 is 5.96 Å². The van der Waals surface area contributed by atoms with E-state index in [0.717, 1.165) is 5.69 Å². The molecule has 1 fully saturated rings. The van der Waals surface area contributed by atoms with Crippen LogP contribution in [0.3, 0.4) is 0 Å². The Balaban J connectivity index is 1.94. The summed E-state index contributed by atoms with van der Waals surface area (Å²) >= 11 is 0. The van der Waals surface area contributed by atoms with Crippen molar-refractivity contribution in [3.8, 4) is 0 Å². The van der Waals surface area contributed by atoms with Crippen molar-refractivity contribution < 1.29 is 0 Å². The third-order valence-corrected chi connectivity index (χ3v) is 2.38. The van der Waals surface area contributed by atoms with Gasteiger partial charge in [-0.2, -0.15) is 0 Å². The summed E-state index contributed by atoms with van der Waals surface area (Å²) < 4.78 is 0. The van der Waals surface area contributed by atoms with E-state index >= 15 is 0 Å². The number of rotatable bonds is 3. The van der Waals surface area contributed by atoms with Gasteiger partial charge in [0.2, 0.25) is 0 Å². The molecule has 2 rings (SSSR count). The molecule has 1 aromatic rings. The first-order valence-corrected chi connectivity index (χ1v) is 5.20. The van der Waals surface area contributed by atoms with Gasteiger partial charge in [0, 0.05) is 13.2 Å². The Morgan fingerprint density at radius 3 is 3.00 bits per heavy atom. The van der Waals surface area contributed by atoms with E-state index in [1.807, 2.05) is 30.1 Å². The molecule has 0 spiro atoms. The molecule has 0 unspecified atom stereocenters. The summed E-state index contributed by atoms with van der Waals surface area (Å²) in [5.41, 5.74) is 6.86. The van der Waals surface area contributed by atoms with Gasteiger partial charge in [-0.3, -0.25) is 4.98 Å². The van der Waals surface area contributed by atoms with Crippen LogP contribution in [0.2, 0.25) is 0 Å². The molecule has 0 saturated heterocycles. The number of nitrogens with zero attached hydrogens (tertiary/aromatic N) is 3. The van der Waals surface area contributed by atoms with Crippen LogP contribution in [-0.2, 0) is 6.54 Å². The fraction of sp³-hybridized carbons (Fsp3) is 0.455. The molecular formula is C11H16N4. The van der Waals surface area contributed by atoms with Gasteiger partial charge in [0.15, 0.2) is 5.96 Å². The van der Waals surface area contributed by atoms with Gasteiger partial charge in [-0.1, -0.05) is 6.07 Å². The molecule has 0 amide bonds. The van der Waals surface area contributed by atoms with E-state index in [0.29, 0.717) is 18.5 Å². The molecule has 0 radical (unpaired) electrons. The van der Waals surface area contributed by atoms with Crippen LogP contribution >= 0.6 is 0 Å². The molecule has 1 aliphatic carbocycles. The van der Waals surface area contributed by atoms with Crippen LogP contribution in [-0.4, -0.2) is 28.9 Å². The summed E-state index contributed by atoms with van der Waals surface area (Å²) in [4.78, 5) is 10.6. The normalized spacial score (nSPS) is 16.5. The number of hydrogen-bond acceptors (Lipinski definition) is 2. The maximum atomic E-state index is 5.85. The second-order valence-corrected chi connectivity index (χ2v) is 3.90. The lowest BCUT2D eigenvalue weighted by Gasteiger charge is -2.17. The molecule has 0 aromatic carbocycles. The van der Waals surface area contributed by atoms with Gasteiger partial charge in [0.25, 0.3) is 0 Å². The van der Waals surface area contributed by atoms with Crippen LogP contribution in [0.5, 0.6) is 0 Å². The van der Waals surface area contributed by atoms with Crippen molar-refractivity contribution in [1.29, 1.82) is 0 Å². The highest BCUT2D eigenvalue weighted by Crippen LogP contribution is 2.23. The first kappa shape index (κ1) is 9.96. The maximum absolute atomic E-state index is 5.85. The number of aliphatic imine (C=N–C) groups is 1. The lowest BCUT2D eigenvalue weighted by Crippen LogP contribution is -2.34. The molecule has 15 heavy (non-hydrogen) atoms. The van der Waals surface area contributed by atoms with Gasteiger partial charge in [-0.05, 0) is 25.0 Å². The Labute approximate surface area is 89.8 Å². The van der Waals surface area contributed by atoms with Crippen LogP contribution < -0.4 is 5.73 Å². The van der Waals surface area contributed by atoms with Crippen molar-refractivity contribution in [1.82, 2.24) is 9.88 Å². The molecule has 1 heterocycles. The molecule has 1 aromatic heterocycles. The molecule has 4 nitrogen and oxygen atoms in total. The van der Waals surface area contributed by atoms with Gasteiger partial charge in [0.1, 0.15) is 0 Å². The monoisotopic (exact) mass is 204 g/mol. The zero-order chi connectivity index (χ0) is 10.7. The highest BCUT2D eigenvalue weighted by molar-refractivity contribution is 5.78. The van der Waals surface area contributed by atoms with Gasteiger partial charge >= 0.3 is 0 Å². The number of pyridine rings is 1. The summed E-state index contributed by atoms with van der Waals surface area (Å²) in [5.74, 6) is 0.614. The standard InChI is InChI=1S/C11H16N4/c1-15(11(12)14-9-5-6-9)8-10-4-2-3-7-13-10/h2-4,7,9H,5-6,8H2,1H3,(H2,12,14). The van der Waals surface area contributed by atoms with E-state index in [9.17, 15) is 0 Å². The molecule has 80 valence electrons. The van der Waals surface area contributed by atoms with E-state index in [1.165, 1.54) is 12.8 Å². The Kier molecular flexibility index (Phi) is 2.85. The third kappa shape index (κ3) is 2.94. The SMILES string of the molecule is CN(Cc1ccccn1)C(N)=NC1CC1. The molecule has 1 aliphatic rings. The average Bonchev–Trinajstić information content (AvgIpc) is 3.03. The summed E-state index contributed by atoms with van der Waals surface area (Å²) in [5, 5.41) is 0. The minimum Gasteiger partial charge on any atom is -0.370 e. The molecule has 0 atom stereocenters. The highest BCUT2D eigenvalue weighted by atomic mass is 15.2. The molecule has 1 saturated carbocycles. The fourth-order valence-corrected chi connectivity index (χ4v) is 1.30. The number of hydrogen-bond donors (Lipinski definition) is 1. The van der Waals surface area contributed by atoms with E-state index in [4.69, 9.17) is 5.73 Å². The van der Waals surface area contributed by atoms with Gasteiger partial charge < -0.3 is 10.6 Å². The zero-order valence-corrected chi connectivity index (χ0v) is 8.93. The third-order valence-electron chi connectivity index (χ3n) is 2.38. The fourth-order valence-electron chi connectivity index (χ4n) is 1.30. The predicted octanol–water partition coefficient (Wildman–Crippen LogP) is 0.991. The quantitative estimate of drug-likeness (QED) is 0.590. The van der Waals surface area contributed by atoms with Crippen molar-refractivity contribution in [3.63, 3.8) is 0 Å². The van der Waals surface area contributed by atoms with Crippen LogP contribution in [0.4, 0.5) is 0 Å². The average molecular weight is 204 g/mol. The minimum atomic E-state index is 0.469. The van der Waals surface area contributed by atoms with E-state index in [2.05, 4.69) is 9.98 Å². The lowest BCUT2D eigenvalue weighted by atomic mass is 10.3. The Bertz CT molecular complexity index is 343. The zero-order valence-electron chi connectivity index (χ0n) is 8.93.